The minimum atomic E-state index is -0.923. The molecule has 0 bridgehead atoms. The third-order valence-electron chi connectivity index (χ3n) is 1.89. The maximum absolute atomic E-state index is 10.2. The molecule has 0 rings (SSSR count). The van der Waals surface area contributed by atoms with E-state index in [4.69, 9.17) is 5.11 Å². The van der Waals surface area contributed by atoms with Gasteiger partial charge in [0.25, 0.3) is 0 Å². The summed E-state index contributed by atoms with van der Waals surface area (Å²) in [6.45, 7) is 1.90. The first-order valence-corrected chi connectivity index (χ1v) is 5.84. The highest BCUT2D eigenvalue weighted by Crippen LogP contribution is 2.06. The van der Waals surface area contributed by atoms with Gasteiger partial charge in [0.1, 0.15) is 0 Å². The Kier molecular flexibility index (Phi) is 8.19. The van der Waals surface area contributed by atoms with Crippen LogP contribution in [0.1, 0.15) is 39.0 Å². The van der Waals surface area contributed by atoms with Crippen LogP contribution in [0, 0.1) is 0 Å². The zero-order valence-electron chi connectivity index (χ0n) is 8.05. The van der Waals surface area contributed by atoms with Crippen molar-refractivity contribution < 1.29 is 9.90 Å². The van der Waals surface area contributed by atoms with Crippen LogP contribution in [-0.2, 0) is 0 Å². The van der Waals surface area contributed by atoms with E-state index in [1.807, 2.05) is 6.92 Å². The number of unbranched alkanes of at least 4 members (excludes halogenated alkanes) is 3. The third-order valence-corrected chi connectivity index (χ3v) is 2.45. The predicted octanol–water partition coefficient (Wildman–Crippen LogP) is 2.99. The van der Waals surface area contributed by atoms with E-state index in [1.165, 1.54) is 19.3 Å². The van der Waals surface area contributed by atoms with Gasteiger partial charge in [-0.1, -0.05) is 35.2 Å². The van der Waals surface area contributed by atoms with Crippen molar-refractivity contribution in [1.82, 2.24) is 5.32 Å². The Morgan fingerprint density at radius 3 is 2.54 bits per heavy atom. The second-order valence-electron chi connectivity index (χ2n) is 3.24. The van der Waals surface area contributed by atoms with Crippen LogP contribution in [-0.4, -0.2) is 22.6 Å². The third kappa shape index (κ3) is 9.67. The fourth-order valence-corrected chi connectivity index (χ4v) is 1.58. The summed E-state index contributed by atoms with van der Waals surface area (Å²) in [5.41, 5.74) is 0. The summed E-state index contributed by atoms with van der Waals surface area (Å²) < 4.78 is 0. The maximum atomic E-state index is 10.2. The highest BCUT2D eigenvalue weighted by Gasteiger charge is 2.03. The van der Waals surface area contributed by atoms with Gasteiger partial charge in [0.05, 0.1) is 0 Å². The molecule has 0 radical (unpaired) electrons. The highest BCUT2D eigenvalue weighted by molar-refractivity contribution is 9.09. The van der Waals surface area contributed by atoms with E-state index in [-0.39, 0.29) is 6.04 Å². The lowest BCUT2D eigenvalue weighted by atomic mass is 10.1. The average molecular weight is 252 g/mol. The molecule has 0 fully saturated rings. The molecule has 0 aliphatic rings. The molecule has 78 valence electrons. The van der Waals surface area contributed by atoms with Gasteiger partial charge in [-0.05, 0) is 19.8 Å². The van der Waals surface area contributed by atoms with Crippen molar-refractivity contribution in [2.24, 2.45) is 0 Å². The molecule has 0 spiro atoms. The van der Waals surface area contributed by atoms with Crippen molar-refractivity contribution in [3.63, 3.8) is 0 Å². The van der Waals surface area contributed by atoms with Gasteiger partial charge >= 0.3 is 6.09 Å². The molecule has 0 aliphatic heterocycles. The van der Waals surface area contributed by atoms with Crippen molar-refractivity contribution in [2.45, 2.75) is 45.1 Å². The van der Waals surface area contributed by atoms with E-state index >= 15 is 0 Å². The van der Waals surface area contributed by atoms with Crippen molar-refractivity contribution >= 4 is 22.0 Å². The van der Waals surface area contributed by atoms with Crippen LogP contribution < -0.4 is 5.32 Å². The van der Waals surface area contributed by atoms with Gasteiger partial charge < -0.3 is 10.4 Å². The number of alkyl halides is 1. The molecule has 1 unspecified atom stereocenters. The highest BCUT2D eigenvalue weighted by atomic mass is 79.9. The average Bonchev–Trinajstić information content (AvgIpc) is 2.02. The minimum absolute atomic E-state index is 0.0847. The first-order valence-electron chi connectivity index (χ1n) is 4.72. The zero-order chi connectivity index (χ0) is 10.1. The quantitative estimate of drug-likeness (QED) is 0.540. The lowest BCUT2D eigenvalue weighted by molar-refractivity contribution is 0.190. The van der Waals surface area contributed by atoms with Crippen LogP contribution in [0.15, 0.2) is 0 Å². The second-order valence-corrected chi connectivity index (χ2v) is 4.04. The van der Waals surface area contributed by atoms with Crippen LogP contribution in [0.25, 0.3) is 0 Å². The van der Waals surface area contributed by atoms with Crippen molar-refractivity contribution in [3.8, 4) is 0 Å². The van der Waals surface area contributed by atoms with E-state index in [9.17, 15) is 4.79 Å². The van der Waals surface area contributed by atoms with Crippen molar-refractivity contribution in [1.29, 1.82) is 0 Å². The van der Waals surface area contributed by atoms with Crippen LogP contribution in [0.4, 0.5) is 4.79 Å². The van der Waals surface area contributed by atoms with Gasteiger partial charge in [-0.3, -0.25) is 0 Å². The van der Waals surface area contributed by atoms with Gasteiger partial charge in [-0.2, -0.15) is 0 Å². The molecule has 4 heteroatoms. The van der Waals surface area contributed by atoms with Gasteiger partial charge in [0.2, 0.25) is 0 Å². The Bertz CT molecular complexity index is 142. The van der Waals surface area contributed by atoms with E-state index in [0.717, 1.165) is 18.2 Å². The molecule has 1 amide bonds. The molecule has 1 atom stereocenters. The number of hydrogen-bond donors (Lipinski definition) is 2. The predicted molar refractivity (Wildman–Crippen MR) is 57.5 cm³/mol. The molecule has 3 nitrogen and oxygen atoms in total. The Hall–Kier alpha value is -0.250. The summed E-state index contributed by atoms with van der Waals surface area (Å²) in [5, 5.41) is 11.9. The summed E-state index contributed by atoms with van der Waals surface area (Å²) >= 11 is 3.37. The van der Waals surface area contributed by atoms with Gasteiger partial charge in [0, 0.05) is 11.4 Å². The molecule has 0 aliphatic carbocycles. The molecule has 0 heterocycles. The largest absolute Gasteiger partial charge is 0.465 e. The van der Waals surface area contributed by atoms with Crippen LogP contribution >= 0.6 is 15.9 Å². The lowest BCUT2D eigenvalue weighted by Gasteiger charge is -2.10. The van der Waals surface area contributed by atoms with Crippen LogP contribution in [0.5, 0.6) is 0 Å². The Morgan fingerprint density at radius 2 is 2.00 bits per heavy atom. The molecule has 2 N–H and O–H groups in total. The Morgan fingerprint density at radius 1 is 1.38 bits per heavy atom. The van der Waals surface area contributed by atoms with E-state index in [1.54, 1.807) is 0 Å². The second kappa shape index (κ2) is 8.35. The first-order chi connectivity index (χ1) is 6.16. The van der Waals surface area contributed by atoms with Crippen LogP contribution in [0.3, 0.4) is 0 Å². The van der Waals surface area contributed by atoms with E-state index in [2.05, 4.69) is 21.2 Å². The van der Waals surface area contributed by atoms with E-state index in [0.29, 0.717) is 0 Å². The number of rotatable bonds is 7. The molecular weight excluding hydrogens is 234 g/mol. The molecular formula is C9H18BrNO2. The number of carbonyl (C=O) groups is 1. The van der Waals surface area contributed by atoms with Gasteiger partial charge in [-0.25, -0.2) is 4.79 Å². The zero-order valence-corrected chi connectivity index (χ0v) is 9.64. The number of amides is 1. The summed E-state index contributed by atoms with van der Waals surface area (Å²) in [7, 11) is 0. The van der Waals surface area contributed by atoms with Crippen molar-refractivity contribution in [3.05, 3.63) is 0 Å². The molecule has 0 aromatic heterocycles. The molecule has 0 aromatic carbocycles. The monoisotopic (exact) mass is 251 g/mol. The molecule has 0 saturated carbocycles. The summed E-state index contributed by atoms with van der Waals surface area (Å²) in [6, 6.07) is 0.0847. The van der Waals surface area contributed by atoms with Crippen molar-refractivity contribution in [2.75, 3.05) is 5.33 Å². The number of nitrogens with one attached hydrogen (secondary N) is 1. The Labute approximate surface area is 88.0 Å². The van der Waals surface area contributed by atoms with E-state index < -0.39 is 6.09 Å². The maximum Gasteiger partial charge on any atom is 0.404 e. The fraction of sp³-hybridized carbons (Fsp3) is 0.889. The van der Waals surface area contributed by atoms with Gasteiger partial charge in [-0.15, -0.1) is 0 Å². The topological polar surface area (TPSA) is 49.3 Å². The Balaban J connectivity index is 3.17. The number of halogens is 1. The summed E-state index contributed by atoms with van der Waals surface area (Å²) in [4.78, 5) is 10.2. The molecule has 0 saturated heterocycles. The smallest absolute Gasteiger partial charge is 0.404 e. The normalized spacial score (nSPS) is 12.5. The minimum Gasteiger partial charge on any atom is -0.465 e. The molecule has 0 aromatic rings. The summed E-state index contributed by atoms with van der Waals surface area (Å²) in [5.74, 6) is 0. The van der Waals surface area contributed by atoms with Gasteiger partial charge in [0.15, 0.2) is 0 Å². The number of carboxylic acid groups (broad SMARTS) is 1. The summed E-state index contributed by atoms with van der Waals surface area (Å²) in [6.07, 6.45) is 4.75. The SMILES string of the molecule is CC(CCCCCCBr)NC(=O)O. The standard InChI is InChI=1S/C9H18BrNO2/c1-8(11-9(12)13)6-4-2-3-5-7-10/h8,11H,2-7H2,1H3,(H,12,13). The lowest BCUT2D eigenvalue weighted by Crippen LogP contribution is -2.30. The molecule has 13 heavy (non-hydrogen) atoms. The first kappa shape index (κ1) is 12.8. The fourth-order valence-electron chi connectivity index (χ4n) is 1.18. The number of hydrogen-bond acceptors (Lipinski definition) is 1. The van der Waals surface area contributed by atoms with Crippen LogP contribution in [0.2, 0.25) is 0 Å².